The van der Waals surface area contributed by atoms with Gasteiger partial charge in [0.1, 0.15) is 0 Å². The molecule has 0 saturated heterocycles. The molecule has 1 rings (SSSR count). The fourth-order valence-corrected chi connectivity index (χ4v) is 1.73. The number of halogens is 5. The van der Waals surface area contributed by atoms with E-state index in [9.17, 15) is 0 Å². The van der Waals surface area contributed by atoms with E-state index in [1.54, 1.807) is 18.2 Å². The van der Waals surface area contributed by atoms with Gasteiger partial charge in [-0.2, -0.15) is 0 Å². The summed E-state index contributed by atoms with van der Waals surface area (Å²) >= 11 is 28.5. The predicted molar refractivity (Wildman–Crippen MR) is 60.2 cm³/mol. The van der Waals surface area contributed by atoms with Gasteiger partial charge >= 0.3 is 0 Å². The normalized spacial score (nSPS) is 11.8. The third kappa shape index (κ3) is 3.07. The van der Waals surface area contributed by atoms with E-state index in [1.165, 1.54) is 0 Å². The van der Waals surface area contributed by atoms with Crippen molar-refractivity contribution in [3.05, 3.63) is 34.3 Å². The first-order valence-corrected chi connectivity index (χ1v) is 5.41. The number of rotatable bonds is 1. The molecule has 0 atom stereocenters. The molecular weight excluding hydrogens is 273 g/mol. The fraction of sp³-hybridized carbons (Fsp3) is 0.250. The van der Waals surface area contributed by atoms with Crippen LogP contribution in [0.25, 0.3) is 0 Å². The molecule has 0 spiro atoms. The molecule has 0 aromatic heterocycles. The van der Waals surface area contributed by atoms with E-state index in [0.29, 0.717) is 16.5 Å². The number of hydrogen-bond donors (Lipinski definition) is 0. The van der Waals surface area contributed by atoms with Gasteiger partial charge in [0, 0.05) is 16.5 Å². The van der Waals surface area contributed by atoms with Crippen LogP contribution in [0.4, 0.5) is 0 Å². The van der Waals surface area contributed by atoms with Gasteiger partial charge in [0.05, 0.1) is 0 Å². The molecule has 0 amide bonds. The van der Waals surface area contributed by atoms with Gasteiger partial charge in [-0.1, -0.05) is 58.5 Å². The van der Waals surface area contributed by atoms with E-state index in [-0.39, 0.29) is 0 Å². The zero-order valence-corrected chi connectivity index (χ0v) is 10.1. The largest absolute Gasteiger partial charge is 0.216 e. The molecule has 1 aromatic carbocycles. The summed E-state index contributed by atoms with van der Waals surface area (Å²) in [4.78, 5) is 0. The molecule has 0 heterocycles. The van der Waals surface area contributed by atoms with E-state index in [2.05, 4.69) is 0 Å². The minimum atomic E-state index is -1.44. The first-order chi connectivity index (χ1) is 5.95. The zero-order chi connectivity index (χ0) is 10.1. The van der Waals surface area contributed by atoms with Crippen molar-refractivity contribution in [3.63, 3.8) is 0 Å². The van der Waals surface area contributed by atoms with Crippen molar-refractivity contribution in [2.75, 3.05) is 0 Å². The number of benzene rings is 1. The molecule has 0 unspecified atom stereocenters. The molecule has 0 aliphatic carbocycles. The van der Waals surface area contributed by atoms with Crippen molar-refractivity contribution < 1.29 is 0 Å². The highest BCUT2D eigenvalue weighted by molar-refractivity contribution is 6.66. The molecule has 0 aliphatic heterocycles. The van der Waals surface area contributed by atoms with Crippen molar-refractivity contribution in [1.82, 2.24) is 0 Å². The summed E-state index contributed by atoms with van der Waals surface area (Å²) < 4.78 is -1.44. The third-order valence-corrected chi connectivity index (χ3v) is 2.82. The molecule has 0 saturated carbocycles. The van der Waals surface area contributed by atoms with Crippen molar-refractivity contribution in [1.29, 1.82) is 0 Å². The van der Waals surface area contributed by atoms with E-state index in [0.717, 1.165) is 5.56 Å². The van der Waals surface area contributed by atoms with E-state index >= 15 is 0 Å². The highest BCUT2D eigenvalue weighted by atomic mass is 35.6. The van der Waals surface area contributed by atoms with Gasteiger partial charge in [-0.3, -0.25) is 0 Å². The maximum Gasteiger partial charge on any atom is 0.216 e. The molecule has 0 bridgehead atoms. The average Bonchev–Trinajstić information content (AvgIpc) is 2.02. The Hall–Kier alpha value is 0.670. The van der Waals surface area contributed by atoms with Gasteiger partial charge in [0.15, 0.2) is 0 Å². The van der Waals surface area contributed by atoms with Crippen LogP contribution in [0.15, 0.2) is 18.2 Å². The van der Waals surface area contributed by atoms with Crippen molar-refractivity contribution in [3.8, 4) is 0 Å². The van der Waals surface area contributed by atoms with Gasteiger partial charge in [-0.15, -0.1) is 11.6 Å². The zero-order valence-electron chi connectivity index (χ0n) is 6.33. The lowest BCUT2D eigenvalue weighted by molar-refractivity contribution is 1.22. The highest BCUT2D eigenvalue weighted by Crippen LogP contribution is 2.39. The fourth-order valence-electron chi connectivity index (χ4n) is 0.832. The lowest BCUT2D eigenvalue weighted by Gasteiger charge is -2.12. The summed E-state index contributed by atoms with van der Waals surface area (Å²) in [7, 11) is 0. The Balaban J connectivity index is 3.10. The van der Waals surface area contributed by atoms with Crippen LogP contribution in [0.2, 0.25) is 5.02 Å². The summed E-state index contributed by atoms with van der Waals surface area (Å²) in [5, 5.41) is 0.513. The van der Waals surface area contributed by atoms with Crippen LogP contribution in [-0.2, 0) is 9.67 Å². The quantitative estimate of drug-likeness (QED) is 0.641. The van der Waals surface area contributed by atoms with Crippen LogP contribution in [0.5, 0.6) is 0 Å². The van der Waals surface area contributed by atoms with Gasteiger partial charge in [-0.05, 0) is 11.6 Å². The van der Waals surface area contributed by atoms with Gasteiger partial charge in [-0.25, -0.2) is 0 Å². The average molecular weight is 278 g/mol. The predicted octanol–water partition coefficient (Wildman–Crippen LogP) is 4.91. The second-order valence-electron chi connectivity index (χ2n) is 2.44. The standard InChI is InChI=1S/C8H5Cl5/c9-4-5-1-2-6(3-7(5)10)8(11,12)13/h1-3H,4H2. The molecule has 1 aromatic rings. The molecule has 5 heteroatoms. The second kappa shape index (κ2) is 4.46. The van der Waals surface area contributed by atoms with Crippen molar-refractivity contribution >= 4 is 58.0 Å². The maximum atomic E-state index is 5.88. The van der Waals surface area contributed by atoms with E-state index in [1.807, 2.05) is 0 Å². The molecule has 0 aliphatic rings. The molecule has 72 valence electrons. The third-order valence-electron chi connectivity index (χ3n) is 1.52. The number of alkyl halides is 4. The Morgan fingerprint density at radius 1 is 1.15 bits per heavy atom. The smallest absolute Gasteiger partial charge is 0.121 e. The van der Waals surface area contributed by atoms with Crippen molar-refractivity contribution in [2.45, 2.75) is 9.67 Å². The molecule has 13 heavy (non-hydrogen) atoms. The molecular formula is C8H5Cl5. The monoisotopic (exact) mass is 276 g/mol. The van der Waals surface area contributed by atoms with Crippen LogP contribution in [-0.4, -0.2) is 0 Å². The second-order valence-corrected chi connectivity index (χ2v) is 5.39. The summed E-state index contributed by atoms with van der Waals surface area (Å²) in [6, 6.07) is 5.04. The Labute approximate surface area is 102 Å². The summed E-state index contributed by atoms with van der Waals surface area (Å²) in [6.07, 6.45) is 0. The van der Waals surface area contributed by atoms with Gasteiger partial charge in [0.25, 0.3) is 0 Å². The topological polar surface area (TPSA) is 0 Å². The minimum absolute atomic E-state index is 0.346. The van der Waals surface area contributed by atoms with Gasteiger partial charge in [0.2, 0.25) is 3.79 Å². The van der Waals surface area contributed by atoms with E-state index in [4.69, 9.17) is 58.0 Å². The minimum Gasteiger partial charge on any atom is -0.121 e. The van der Waals surface area contributed by atoms with Crippen LogP contribution >= 0.6 is 58.0 Å². The van der Waals surface area contributed by atoms with Crippen LogP contribution < -0.4 is 0 Å². The molecule has 0 radical (unpaired) electrons. The Morgan fingerprint density at radius 2 is 1.77 bits per heavy atom. The highest BCUT2D eigenvalue weighted by Gasteiger charge is 2.23. The lowest BCUT2D eigenvalue weighted by Crippen LogP contribution is -2.00. The SMILES string of the molecule is ClCc1ccc(C(Cl)(Cl)Cl)cc1Cl. The van der Waals surface area contributed by atoms with E-state index < -0.39 is 3.79 Å². The van der Waals surface area contributed by atoms with Crippen LogP contribution in [0.3, 0.4) is 0 Å². The lowest BCUT2D eigenvalue weighted by atomic mass is 10.2. The summed E-state index contributed by atoms with van der Waals surface area (Å²) in [6.45, 7) is 0. The summed E-state index contributed by atoms with van der Waals surface area (Å²) in [5.41, 5.74) is 1.36. The Kier molecular flexibility index (Phi) is 4.03. The van der Waals surface area contributed by atoms with Crippen molar-refractivity contribution in [2.24, 2.45) is 0 Å². The molecule has 0 nitrogen and oxygen atoms in total. The first-order valence-electron chi connectivity index (χ1n) is 3.36. The number of hydrogen-bond acceptors (Lipinski definition) is 0. The first kappa shape index (κ1) is 11.7. The van der Waals surface area contributed by atoms with Crippen LogP contribution in [0.1, 0.15) is 11.1 Å². The van der Waals surface area contributed by atoms with Gasteiger partial charge < -0.3 is 0 Å². The molecule has 0 N–H and O–H groups in total. The maximum absolute atomic E-state index is 5.88. The summed E-state index contributed by atoms with van der Waals surface area (Å²) in [5.74, 6) is 0.346. The Bertz CT molecular complexity index is 302. The Morgan fingerprint density at radius 3 is 2.15 bits per heavy atom. The van der Waals surface area contributed by atoms with Crippen LogP contribution in [0, 0.1) is 0 Å². The molecule has 0 fully saturated rings.